The van der Waals surface area contributed by atoms with E-state index in [2.05, 4.69) is 15.3 Å². The zero-order valence-electron chi connectivity index (χ0n) is 17.2. The van der Waals surface area contributed by atoms with Crippen LogP contribution in [-0.2, 0) is 0 Å². The number of piperidine rings is 1. The second-order valence-electron chi connectivity index (χ2n) is 8.93. The zero-order chi connectivity index (χ0) is 22.0. The van der Waals surface area contributed by atoms with E-state index in [9.17, 15) is 22.0 Å². The monoisotopic (exact) mass is 440 g/mol. The minimum atomic E-state index is -4.24. The summed E-state index contributed by atoms with van der Waals surface area (Å²) < 4.78 is 69.3. The highest BCUT2D eigenvalue weighted by Gasteiger charge is 2.68. The van der Waals surface area contributed by atoms with Crippen LogP contribution >= 0.6 is 0 Å². The summed E-state index contributed by atoms with van der Waals surface area (Å²) in [5.41, 5.74) is 2.34. The number of rotatable bonds is 4. The molecule has 1 aromatic rings. The number of benzene rings is 1. The number of alkyl halides is 3. The topological polar surface area (TPSA) is 30.9 Å². The van der Waals surface area contributed by atoms with Gasteiger partial charge in [-0.1, -0.05) is 6.07 Å². The number of nitrogens with zero attached hydrogens (tertiary/aromatic N) is 3. The van der Waals surface area contributed by atoms with Crippen molar-refractivity contribution in [1.29, 1.82) is 0 Å². The number of aliphatic imine (C=N–C) groups is 1. The fourth-order valence-electron chi connectivity index (χ4n) is 5.27. The lowest BCUT2D eigenvalue weighted by Gasteiger charge is -2.37. The molecule has 1 saturated heterocycles. The van der Waals surface area contributed by atoms with Gasteiger partial charge in [0.1, 0.15) is 17.5 Å². The molecule has 3 aliphatic heterocycles. The summed E-state index contributed by atoms with van der Waals surface area (Å²) in [5, 5.41) is 1.79. The lowest BCUT2D eigenvalue weighted by molar-refractivity contribution is -0.193. The average Bonchev–Trinajstić information content (AvgIpc) is 3.27. The van der Waals surface area contributed by atoms with E-state index >= 15 is 0 Å². The van der Waals surface area contributed by atoms with Gasteiger partial charge in [-0.2, -0.15) is 13.2 Å². The Bertz CT molecular complexity index is 916. The van der Waals surface area contributed by atoms with Crippen molar-refractivity contribution in [1.82, 2.24) is 15.3 Å². The lowest BCUT2D eigenvalue weighted by atomic mass is 9.91. The van der Waals surface area contributed by atoms with Crippen molar-refractivity contribution in [3.63, 3.8) is 0 Å². The van der Waals surface area contributed by atoms with Gasteiger partial charge in [-0.05, 0) is 44.4 Å². The largest absolute Gasteiger partial charge is 0.396 e. The highest BCUT2D eigenvalue weighted by atomic mass is 19.4. The first kappa shape index (κ1) is 20.7. The molecular weight excluding hydrogens is 415 g/mol. The summed E-state index contributed by atoms with van der Waals surface area (Å²) in [5.74, 6) is -0.375. The Morgan fingerprint density at radius 3 is 2.52 bits per heavy atom. The molecule has 9 heteroatoms. The molecule has 1 saturated carbocycles. The van der Waals surface area contributed by atoms with Gasteiger partial charge in [0.05, 0.1) is 17.5 Å². The van der Waals surface area contributed by atoms with E-state index in [-0.39, 0.29) is 24.3 Å². The minimum Gasteiger partial charge on any atom is -0.356 e. The van der Waals surface area contributed by atoms with Crippen LogP contribution in [0.2, 0.25) is 0 Å². The lowest BCUT2D eigenvalue weighted by Crippen LogP contribution is -2.49. The summed E-state index contributed by atoms with van der Waals surface area (Å²) in [6, 6.07) is 2.52. The van der Waals surface area contributed by atoms with E-state index < -0.39 is 35.3 Å². The van der Waals surface area contributed by atoms with Crippen molar-refractivity contribution in [2.75, 3.05) is 19.6 Å². The van der Waals surface area contributed by atoms with Gasteiger partial charge < -0.3 is 4.90 Å². The highest BCUT2D eigenvalue weighted by molar-refractivity contribution is 5.89. The molecule has 0 spiro atoms. The summed E-state index contributed by atoms with van der Waals surface area (Å²) in [4.78, 5) is 6.70. The van der Waals surface area contributed by atoms with Crippen molar-refractivity contribution in [3.05, 3.63) is 47.3 Å². The Morgan fingerprint density at radius 1 is 1.19 bits per heavy atom. The third-order valence-electron chi connectivity index (χ3n) is 7.19. The van der Waals surface area contributed by atoms with Crippen LogP contribution < -0.4 is 5.43 Å². The predicted octanol–water partition coefficient (Wildman–Crippen LogP) is 4.57. The molecule has 5 rings (SSSR count). The van der Waals surface area contributed by atoms with E-state index in [1.54, 1.807) is 11.1 Å². The van der Waals surface area contributed by atoms with Gasteiger partial charge >= 0.3 is 6.18 Å². The molecule has 2 fully saturated rings. The van der Waals surface area contributed by atoms with Crippen molar-refractivity contribution in [2.45, 2.75) is 50.9 Å². The Morgan fingerprint density at radius 2 is 1.90 bits per heavy atom. The fourth-order valence-corrected chi connectivity index (χ4v) is 5.27. The average molecular weight is 440 g/mol. The quantitative estimate of drug-likeness (QED) is 0.697. The summed E-state index contributed by atoms with van der Waals surface area (Å²) in [7, 11) is 0. The number of nitrogens with one attached hydrogen (secondary N) is 1. The molecule has 168 valence electrons. The molecule has 0 radical (unpaired) electrons. The van der Waals surface area contributed by atoms with Crippen LogP contribution in [0.15, 0.2) is 35.1 Å². The fraction of sp³-hybridized carbons (Fsp3) is 0.591. The molecule has 1 aromatic carbocycles. The van der Waals surface area contributed by atoms with Crippen molar-refractivity contribution in [2.24, 2.45) is 16.3 Å². The van der Waals surface area contributed by atoms with Gasteiger partial charge in [0.15, 0.2) is 0 Å². The van der Waals surface area contributed by atoms with E-state index in [1.165, 1.54) is 18.2 Å². The first-order valence-electron chi connectivity index (χ1n) is 10.8. The van der Waals surface area contributed by atoms with Crippen LogP contribution in [0, 0.1) is 23.0 Å². The standard InChI is InChI=1S/C22H25F5N4/c1-2-31-19(11-18(29-31)21(7-8-21)22(25,26)27)30-9-6-16-13(12-30)10-17(28-16)20-14(23)4-3-5-15(20)24/h3-5,11,13,17-18,29H,2,6-10,12H2,1H3. The van der Waals surface area contributed by atoms with Gasteiger partial charge in [-0.25, -0.2) is 14.2 Å². The SMILES string of the molecule is CCN1NC(C2(C(F)(F)F)CC2)C=C1N1CCC2=NC(c3c(F)cccc3F)CC2C1. The normalized spacial score (nSPS) is 29.7. The number of hydrogen-bond acceptors (Lipinski definition) is 4. The Labute approximate surface area is 177 Å². The highest BCUT2D eigenvalue weighted by Crippen LogP contribution is 2.61. The molecule has 4 nitrogen and oxygen atoms in total. The maximum atomic E-state index is 14.2. The molecule has 1 N–H and O–H groups in total. The smallest absolute Gasteiger partial charge is 0.356 e. The minimum absolute atomic E-state index is 0.00815. The van der Waals surface area contributed by atoms with Crippen LogP contribution in [0.1, 0.15) is 44.2 Å². The van der Waals surface area contributed by atoms with Crippen LogP contribution in [0.3, 0.4) is 0 Å². The van der Waals surface area contributed by atoms with E-state index in [1.807, 2.05) is 6.92 Å². The maximum absolute atomic E-state index is 14.2. The van der Waals surface area contributed by atoms with Gasteiger partial charge in [0.25, 0.3) is 0 Å². The second-order valence-corrected chi connectivity index (χ2v) is 8.93. The van der Waals surface area contributed by atoms with Gasteiger partial charge in [0.2, 0.25) is 0 Å². The van der Waals surface area contributed by atoms with Gasteiger partial charge in [0, 0.05) is 43.2 Å². The Balaban J connectivity index is 1.34. The summed E-state index contributed by atoms with van der Waals surface area (Å²) in [6.45, 7) is 3.65. The van der Waals surface area contributed by atoms with E-state index in [0.717, 1.165) is 11.5 Å². The molecule has 0 bridgehead atoms. The molecule has 1 aliphatic carbocycles. The number of hydrogen-bond donors (Lipinski definition) is 1. The summed E-state index contributed by atoms with van der Waals surface area (Å²) >= 11 is 0. The second kappa shape index (κ2) is 7.18. The molecule has 3 unspecified atom stereocenters. The van der Waals surface area contributed by atoms with Crippen molar-refractivity contribution in [3.8, 4) is 0 Å². The predicted molar refractivity (Wildman–Crippen MR) is 106 cm³/mol. The Kier molecular flexibility index (Phi) is 4.80. The van der Waals surface area contributed by atoms with Crippen molar-refractivity contribution >= 4 is 5.71 Å². The Hall–Kier alpha value is -2.16. The number of likely N-dealkylation sites (tertiary alicyclic amines) is 1. The molecule has 0 amide bonds. The maximum Gasteiger partial charge on any atom is 0.396 e. The molecule has 31 heavy (non-hydrogen) atoms. The number of hydrazine groups is 1. The van der Waals surface area contributed by atoms with Gasteiger partial charge in [-0.15, -0.1) is 0 Å². The molecule has 3 heterocycles. The van der Waals surface area contributed by atoms with E-state index in [0.29, 0.717) is 32.5 Å². The third kappa shape index (κ3) is 3.32. The molecule has 3 atom stereocenters. The van der Waals surface area contributed by atoms with Crippen LogP contribution in [0.5, 0.6) is 0 Å². The van der Waals surface area contributed by atoms with Crippen LogP contribution in [0.25, 0.3) is 0 Å². The van der Waals surface area contributed by atoms with Crippen LogP contribution in [0.4, 0.5) is 22.0 Å². The van der Waals surface area contributed by atoms with Crippen molar-refractivity contribution < 1.29 is 22.0 Å². The first-order chi connectivity index (χ1) is 14.7. The number of fused-ring (bicyclic) bond motifs is 1. The third-order valence-corrected chi connectivity index (χ3v) is 7.19. The van der Waals surface area contributed by atoms with Gasteiger partial charge in [-0.3, -0.25) is 10.0 Å². The molecule has 4 aliphatic rings. The molecular formula is C22H25F5N4. The molecule has 0 aromatic heterocycles. The van der Waals surface area contributed by atoms with E-state index in [4.69, 9.17) is 0 Å². The zero-order valence-corrected chi connectivity index (χ0v) is 17.2. The first-order valence-corrected chi connectivity index (χ1v) is 10.8. The number of halogens is 5. The summed E-state index contributed by atoms with van der Waals surface area (Å²) in [6.07, 6.45) is -1.08. The van der Waals surface area contributed by atoms with Crippen LogP contribution in [-0.4, -0.2) is 47.5 Å².